The second-order valence-electron chi connectivity index (χ2n) is 3.80. The zero-order chi connectivity index (χ0) is 13.6. The number of H-pyrrole nitrogens is 1. The Hall–Kier alpha value is -1.60. The number of thiophene rings is 1. The average molecular weight is 343 g/mol. The Balaban J connectivity index is 2.30. The van der Waals surface area contributed by atoms with Crippen molar-refractivity contribution < 1.29 is 8.78 Å². The van der Waals surface area contributed by atoms with Crippen LogP contribution in [0.25, 0.3) is 21.6 Å². The van der Waals surface area contributed by atoms with Crippen molar-refractivity contribution in [1.29, 1.82) is 0 Å². The summed E-state index contributed by atoms with van der Waals surface area (Å²) in [6, 6.07) is 3.69. The van der Waals surface area contributed by atoms with E-state index in [4.69, 9.17) is 0 Å². The molecule has 1 aromatic carbocycles. The van der Waals surface area contributed by atoms with E-state index < -0.39 is 17.2 Å². The number of hydrogen-bond donors (Lipinski definition) is 1. The lowest BCUT2D eigenvalue weighted by Crippen LogP contribution is -2.08. The van der Waals surface area contributed by atoms with Crippen LogP contribution in [0, 0.1) is 11.6 Å². The van der Waals surface area contributed by atoms with Gasteiger partial charge in [-0.1, -0.05) is 0 Å². The first-order chi connectivity index (χ1) is 9.06. The van der Waals surface area contributed by atoms with E-state index in [1.807, 2.05) is 0 Å². The van der Waals surface area contributed by atoms with E-state index in [2.05, 4.69) is 25.9 Å². The molecule has 0 saturated carbocycles. The van der Waals surface area contributed by atoms with Crippen LogP contribution in [0.15, 0.2) is 32.8 Å². The largest absolute Gasteiger partial charge is 0.338 e. The van der Waals surface area contributed by atoms with E-state index in [-0.39, 0.29) is 15.9 Å². The molecular formula is C12H5BrF2N2OS. The number of aromatic amines is 1. The predicted molar refractivity (Wildman–Crippen MR) is 73.3 cm³/mol. The van der Waals surface area contributed by atoms with Crippen LogP contribution in [0.2, 0.25) is 0 Å². The molecule has 0 aliphatic heterocycles. The molecule has 7 heteroatoms. The molecule has 19 heavy (non-hydrogen) atoms. The molecule has 0 aliphatic rings. The number of fused-ring (bicyclic) bond motifs is 1. The number of nitrogens with one attached hydrogen (secondary N) is 1. The van der Waals surface area contributed by atoms with Crippen molar-refractivity contribution in [2.75, 3.05) is 0 Å². The molecule has 0 aliphatic carbocycles. The maximum Gasteiger partial charge on any atom is 0.291 e. The third kappa shape index (κ3) is 2.08. The lowest BCUT2D eigenvalue weighted by molar-refractivity contribution is 0.596. The number of halogens is 3. The Morgan fingerprint density at radius 1 is 1.26 bits per heavy atom. The summed E-state index contributed by atoms with van der Waals surface area (Å²) in [5.41, 5.74) is 0.0232. The van der Waals surface area contributed by atoms with Crippen molar-refractivity contribution in [2.24, 2.45) is 0 Å². The van der Waals surface area contributed by atoms with Crippen molar-refractivity contribution in [3.8, 4) is 11.4 Å². The molecule has 0 bridgehead atoms. The van der Waals surface area contributed by atoms with Crippen LogP contribution in [-0.2, 0) is 0 Å². The van der Waals surface area contributed by atoms with E-state index in [0.717, 1.165) is 12.1 Å². The van der Waals surface area contributed by atoms with Gasteiger partial charge >= 0.3 is 0 Å². The summed E-state index contributed by atoms with van der Waals surface area (Å²) in [5, 5.41) is 1.73. The molecule has 3 nitrogen and oxygen atoms in total. The van der Waals surface area contributed by atoms with Crippen molar-refractivity contribution in [3.63, 3.8) is 0 Å². The van der Waals surface area contributed by atoms with Crippen LogP contribution in [0.3, 0.4) is 0 Å². The molecule has 2 aromatic heterocycles. The van der Waals surface area contributed by atoms with Crippen molar-refractivity contribution >= 4 is 37.5 Å². The van der Waals surface area contributed by atoms with E-state index in [0.29, 0.717) is 10.2 Å². The normalized spacial score (nSPS) is 11.1. The van der Waals surface area contributed by atoms with Gasteiger partial charge in [-0.25, -0.2) is 8.78 Å². The number of nitrogens with zero attached hydrogens (tertiary/aromatic N) is 1. The molecule has 3 aromatic rings. The highest BCUT2D eigenvalue weighted by molar-refractivity contribution is 9.10. The smallest absolute Gasteiger partial charge is 0.291 e. The highest BCUT2D eigenvalue weighted by atomic mass is 79.9. The first-order valence-corrected chi connectivity index (χ1v) is 6.86. The second-order valence-corrected chi connectivity index (χ2v) is 5.57. The first-order valence-electron chi connectivity index (χ1n) is 5.18. The Kier molecular flexibility index (Phi) is 2.94. The van der Waals surface area contributed by atoms with Crippen LogP contribution in [-0.4, -0.2) is 9.97 Å². The van der Waals surface area contributed by atoms with E-state index in [1.165, 1.54) is 11.3 Å². The van der Waals surface area contributed by atoms with Crippen molar-refractivity contribution in [1.82, 2.24) is 9.97 Å². The quantitative estimate of drug-likeness (QED) is 0.685. The van der Waals surface area contributed by atoms with Crippen molar-refractivity contribution in [3.05, 3.63) is 50.0 Å². The van der Waals surface area contributed by atoms with Crippen LogP contribution in [0.5, 0.6) is 0 Å². The number of hydrogen-bond acceptors (Lipinski definition) is 3. The highest BCUT2D eigenvalue weighted by Gasteiger charge is 2.14. The summed E-state index contributed by atoms with van der Waals surface area (Å²) in [6.45, 7) is 0. The van der Waals surface area contributed by atoms with Crippen LogP contribution in [0.4, 0.5) is 8.78 Å². The SMILES string of the molecule is O=c1nc(-c2cc(F)c(Br)cc2F)[nH]c2ccsc12. The molecular weight excluding hydrogens is 338 g/mol. The first kappa shape index (κ1) is 12.4. The molecule has 0 fully saturated rings. The van der Waals surface area contributed by atoms with Gasteiger partial charge in [-0.15, -0.1) is 11.3 Å². The van der Waals surface area contributed by atoms with Gasteiger partial charge in [-0.3, -0.25) is 4.79 Å². The third-order valence-corrected chi connectivity index (χ3v) is 4.10. The van der Waals surface area contributed by atoms with Crippen LogP contribution < -0.4 is 5.56 Å². The van der Waals surface area contributed by atoms with Gasteiger partial charge in [0.2, 0.25) is 0 Å². The summed E-state index contributed by atoms with van der Waals surface area (Å²) in [7, 11) is 0. The number of rotatable bonds is 1. The lowest BCUT2D eigenvalue weighted by Gasteiger charge is -2.04. The minimum atomic E-state index is -0.661. The van der Waals surface area contributed by atoms with Gasteiger partial charge in [0.1, 0.15) is 22.2 Å². The molecule has 1 N–H and O–H groups in total. The van der Waals surface area contributed by atoms with Gasteiger partial charge in [0.05, 0.1) is 15.6 Å². The number of benzene rings is 1. The standard InChI is InChI=1S/C12H5BrF2N2OS/c13-6-4-7(14)5(3-8(6)15)11-16-9-1-2-19-10(9)12(18)17-11/h1-4H,(H,16,17,18). The Morgan fingerprint density at radius 2 is 2.05 bits per heavy atom. The minimum Gasteiger partial charge on any atom is -0.338 e. The fourth-order valence-corrected chi connectivity index (χ4v) is 2.76. The van der Waals surface area contributed by atoms with Gasteiger partial charge in [0.15, 0.2) is 0 Å². The average Bonchev–Trinajstić information content (AvgIpc) is 2.82. The zero-order valence-corrected chi connectivity index (χ0v) is 11.6. The molecule has 2 heterocycles. The minimum absolute atomic E-state index is 0.0137. The van der Waals surface area contributed by atoms with Gasteiger partial charge in [-0.05, 0) is 39.5 Å². The van der Waals surface area contributed by atoms with Crippen LogP contribution in [0.1, 0.15) is 0 Å². The molecule has 3 rings (SSSR count). The Bertz CT molecular complexity index is 843. The molecule has 0 radical (unpaired) electrons. The summed E-state index contributed by atoms with van der Waals surface area (Å²) in [6.07, 6.45) is 0. The van der Waals surface area contributed by atoms with E-state index >= 15 is 0 Å². The van der Waals surface area contributed by atoms with Gasteiger partial charge in [-0.2, -0.15) is 4.98 Å². The Morgan fingerprint density at radius 3 is 2.84 bits per heavy atom. The van der Waals surface area contributed by atoms with Crippen molar-refractivity contribution in [2.45, 2.75) is 0 Å². The zero-order valence-electron chi connectivity index (χ0n) is 9.21. The third-order valence-electron chi connectivity index (χ3n) is 2.59. The second kappa shape index (κ2) is 4.50. The lowest BCUT2D eigenvalue weighted by atomic mass is 10.2. The molecule has 0 amide bonds. The summed E-state index contributed by atoms with van der Waals surface area (Å²) in [5.74, 6) is -1.27. The maximum atomic E-state index is 13.8. The Labute approximate surface area is 118 Å². The van der Waals surface area contributed by atoms with Gasteiger partial charge in [0, 0.05) is 0 Å². The van der Waals surface area contributed by atoms with Gasteiger partial charge in [0.25, 0.3) is 5.56 Å². The fraction of sp³-hybridized carbons (Fsp3) is 0. The predicted octanol–water partition coefficient (Wildman–Crippen LogP) is 3.69. The molecule has 0 saturated heterocycles. The van der Waals surface area contributed by atoms with Crippen LogP contribution >= 0.6 is 27.3 Å². The number of aromatic nitrogens is 2. The van der Waals surface area contributed by atoms with Gasteiger partial charge < -0.3 is 4.98 Å². The summed E-state index contributed by atoms with van der Waals surface area (Å²) in [4.78, 5) is 18.3. The molecule has 0 spiro atoms. The van der Waals surface area contributed by atoms with E-state index in [9.17, 15) is 13.6 Å². The maximum absolute atomic E-state index is 13.8. The van der Waals surface area contributed by atoms with E-state index in [1.54, 1.807) is 11.4 Å². The highest BCUT2D eigenvalue weighted by Crippen LogP contribution is 2.26. The topological polar surface area (TPSA) is 45.8 Å². The monoisotopic (exact) mass is 342 g/mol. The summed E-state index contributed by atoms with van der Waals surface area (Å²) >= 11 is 4.14. The molecule has 0 atom stereocenters. The molecule has 96 valence electrons. The molecule has 0 unspecified atom stereocenters. The fourth-order valence-electron chi connectivity index (χ4n) is 1.71. The summed E-state index contributed by atoms with van der Waals surface area (Å²) < 4.78 is 27.8.